The third kappa shape index (κ3) is 5.44. The molecule has 0 spiro atoms. The zero-order valence-electron chi connectivity index (χ0n) is 25.7. The highest BCUT2D eigenvalue weighted by Crippen LogP contribution is 2.33. The number of anilines is 3. The molecule has 5 heterocycles. The topological polar surface area (TPSA) is 276 Å². The van der Waals surface area contributed by atoms with Gasteiger partial charge in [-0.15, -0.1) is 20.5 Å². The van der Waals surface area contributed by atoms with E-state index < -0.39 is 11.9 Å². The third-order valence-electron chi connectivity index (χ3n) is 6.46. The molecule has 5 aromatic heterocycles. The van der Waals surface area contributed by atoms with Crippen LogP contribution in [-0.2, 0) is 23.6 Å². The van der Waals surface area contributed by atoms with Crippen LogP contribution in [-0.4, -0.2) is 87.3 Å². The number of aryl methyl sites for hydroxylation is 4. The standard InChI is InChI=1S/C24H28N18O4/c1-10-14(33-35-18-12(20(43)45-6)8-28-39(18)4)16(25)41(37-10)23-30-22(27-3)31-24(32-23)42-17(26)15(11(2)38-42)34-36-19-13(21(44)46-7)9-29-40(19)5/h8-9H,25-26H2,1-7H3,(H,27,30,31,32). The molecule has 0 unspecified atom stereocenters. The molecule has 46 heavy (non-hydrogen) atoms. The summed E-state index contributed by atoms with van der Waals surface area (Å²) in [5, 5.41) is 36.5. The van der Waals surface area contributed by atoms with Crippen LogP contribution in [0.15, 0.2) is 32.9 Å². The van der Waals surface area contributed by atoms with Gasteiger partial charge in [-0.25, -0.2) is 19.0 Å². The van der Waals surface area contributed by atoms with Crippen LogP contribution < -0.4 is 16.8 Å². The van der Waals surface area contributed by atoms with Gasteiger partial charge in [0.1, 0.15) is 11.1 Å². The fourth-order valence-electron chi connectivity index (χ4n) is 4.08. The van der Waals surface area contributed by atoms with E-state index in [4.69, 9.17) is 20.9 Å². The molecule has 0 aliphatic carbocycles. The number of hydrogen-bond acceptors (Lipinski definition) is 18. The van der Waals surface area contributed by atoms with Crippen molar-refractivity contribution in [3.8, 4) is 11.9 Å². The highest BCUT2D eigenvalue weighted by Gasteiger charge is 2.23. The number of nitrogens with two attached hydrogens (primary N) is 2. The van der Waals surface area contributed by atoms with Crippen LogP contribution in [0.2, 0.25) is 0 Å². The molecule has 238 valence electrons. The SMILES string of the molecule is CNc1nc(-n2nc(C)c(N=Nc3c(C(=O)OC)cnn3C)c2N)nc(-n2nc(C)c(N=Nc3c(C(=O)OC)cnn3C)c2N)n1. The summed E-state index contributed by atoms with van der Waals surface area (Å²) in [6.07, 6.45) is 2.64. The molecule has 5 rings (SSSR count). The maximum Gasteiger partial charge on any atom is 0.343 e. The van der Waals surface area contributed by atoms with Crippen molar-refractivity contribution in [2.75, 3.05) is 38.1 Å². The van der Waals surface area contributed by atoms with Gasteiger partial charge in [-0.1, -0.05) is 0 Å². The molecule has 0 atom stereocenters. The third-order valence-corrected chi connectivity index (χ3v) is 6.46. The molecule has 0 amide bonds. The molecule has 0 aliphatic rings. The Morgan fingerprint density at radius 1 is 0.739 bits per heavy atom. The predicted molar refractivity (Wildman–Crippen MR) is 159 cm³/mol. The number of rotatable bonds is 9. The Morgan fingerprint density at radius 2 is 1.15 bits per heavy atom. The minimum atomic E-state index is -0.625. The second-order valence-corrected chi connectivity index (χ2v) is 9.37. The molecule has 0 bridgehead atoms. The van der Waals surface area contributed by atoms with Crippen molar-refractivity contribution >= 4 is 52.5 Å². The fourth-order valence-corrected chi connectivity index (χ4v) is 4.08. The van der Waals surface area contributed by atoms with E-state index in [0.29, 0.717) is 11.4 Å². The van der Waals surface area contributed by atoms with Gasteiger partial charge >= 0.3 is 11.9 Å². The van der Waals surface area contributed by atoms with Crippen LogP contribution in [0, 0.1) is 13.8 Å². The highest BCUT2D eigenvalue weighted by molar-refractivity contribution is 5.94. The van der Waals surface area contributed by atoms with E-state index in [1.807, 2.05) is 0 Å². The number of methoxy groups -OCH3 is 2. The van der Waals surface area contributed by atoms with Gasteiger partial charge in [0, 0.05) is 21.1 Å². The number of hydrogen-bond donors (Lipinski definition) is 3. The molecule has 5 N–H and O–H groups in total. The number of nitrogen functional groups attached to an aromatic ring is 2. The number of ether oxygens (including phenoxy) is 2. The number of carbonyl (C=O) groups excluding carboxylic acids is 2. The Bertz CT molecular complexity index is 1890. The van der Waals surface area contributed by atoms with Crippen LogP contribution in [0.1, 0.15) is 32.1 Å². The van der Waals surface area contributed by atoms with Gasteiger partial charge in [0.2, 0.25) is 5.95 Å². The molecule has 0 radical (unpaired) electrons. The maximum atomic E-state index is 12.1. The minimum Gasteiger partial charge on any atom is -0.465 e. The number of azo groups is 2. The van der Waals surface area contributed by atoms with Crippen molar-refractivity contribution in [1.82, 2.24) is 54.1 Å². The smallest absolute Gasteiger partial charge is 0.343 e. The van der Waals surface area contributed by atoms with Crippen LogP contribution in [0.25, 0.3) is 11.9 Å². The highest BCUT2D eigenvalue weighted by atomic mass is 16.5. The van der Waals surface area contributed by atoms with Gasteiger partial charge in [-0.05, 0) is 13.8 Å². The van der Waals surface area contributed by atoms with Gasteiger partial charge in [-0.2, -0.15) is 44.7 Å². The summed E-state index contributed by atoms with van der Waals surface area (Å²) in [7, 11) is 7.30. The zero-order chi connectivity index (χ0) is 33.3. The predicted octanol–water partition coefficient (Wildman–Crippen LogP) is 1.94. The fraction of sp³-hybridized carbons (Fsp3) is 0.292. The van der Waals surface area contributed by atoms with Crippen molar-refractivity contribution in [3.05, 3.63) is 34.9 Å². The van der Waals surface area contributed by atoms with E-state index >= 15 is 0 Å². The van der Waals surface area contributed by atoms with Crippen molar-refractivity contribution in [1.29, 1.82) is 0 Å². The molecule has 22 heteroatoms. The molecule has 0 saturated heterocycles. The lowest BCUT2D eigenvalue weighted by Gasteiger charge is -2.08. The first-order chi connectivity index (χ1) is 22.0. The van der Waals surface area contributed by atoms with Gasteiger partial charge in [0.05, 0.1) is 38.0 Å². The maximum absolute atomic E-state index is 12.1. The largest absolute Gasteiger partial charge is 0.465 e. The number of esters is 2. The van der Waals surface area contributed by atoms with E-state index in [-0.39, 0.29) is 63.6 Å². The summed E-state index contributed by atoms with van der Waals surface area (Å²) in [5.41, 5.74) is 14.2. The molecule has 0 aliphatic heterocycles. The Balaban J connectivity index is 1.53. The van der Waals surface area contributed by atoms with Crippen LogP contribution >= 0.6 is 0 Å². The van der Waals surface area contributed by atoms with E-state index in [0.717, 1.165) is 0 Å². The number of aromatic nitrogens is 11. The molecule has 5 aromatic rings. The average Bonchev–Trinajstić information content (AvgIpc) is 3.77. The second kappa shape index (κ2) is 12.2. The summed E-state index contributed by atoms with van der Waals surface area (Å²) in [6.45, 7) is 3.32. The van der Waals surface area contributed by atoms with Crippen molar-refractivity contribution < 1.29 is 19.1 Å². The Morgan fingerprint density at radius 3 is 1.52 bits per heavy atom. The molecule has 22 nitrogen and oxygen atoms in total. The molecular weight excluding hydrogens is 604 g/mol. The minimum absolute atomic E-state index is 0.000479. The number of carbonyl (C=O) groups is 2. The van der Waals surface area contributed by atoms with Gasteiger partial charge in [0.25, 0.3) is 11.9 Å². The van der Waals surface area contributed by atoms with E-state index in [9.17, 15) is 9.59 Å². The number of nitrogens with zero attached hydrogens (tertiary/aromatic N) is 15. The second-order valence-electron chi connectivity index (χ2n) is 9.37. The lowest BCUT2D eigenvalue weighted by atomic mass is 10.3. The first kappa shape index (κ1) is 30.8. The Labute approximate surface area is 259 Å². The zero-order valence-corrected chi connectivity index (χ0v) is 25.7. The van der Waals surface area contributed by atoms with E-state index in [2.05, 4.69) is 61.1 Å². The summed E-state index contributed by atoms with van der Waals surface area (Å²) >= 11 is 0. The first-order valence-corrected chi connectivity index (χ1v) is 13.2. The van der Waals surface area contributed by atoms with Gasteiger partial charge in [0.15, 0.2) is 34.6 Å². The van der Waals surface area contributed by atoms with Crippen molar-refractivity contribution in [3.63, 3.8) is 0 Å². The van der Waals surface area contributed by atoms with E-state index in [1.165, 1.54) is 45.3 Å². The van der Waals surface area contributed by atoms with Crippen LogP contribution in [0.3, 0.4) is 0 Å². The summed E-state index contributed by atoms with van der Waals surface area (Å²) in [5.74, 6) is -0.720. The van der Waals surface area contributed by atoms with Crippen LogP contribution in [0.4, 0.5) is 40.6 Å². The average molecular weight is 633 g/mol. The summed E-state index contributed by atoms with van der Waals surface area (Å²) < 4.78 is 14.8. The first-order valence-electron chi connectivity index (χ1n) is 13.2. The van der Waals surface area contributed by atoms with Crippen molar-refractivity contribution in [2.24, 2.45) is 34.6 Å². The summed E-state index contributed by atoms with van der Waals surface area (Å²) in [6, 6.07) is 0. The Hall–Kier alpha value is -6.61. The van der Waals surface area contributed by atoms with Crippen LogP contribution in [0.5, 0.6) is 0 Å². The quantitative estimate of drug-likeness (QED) is 0.155. The van der Waals surface area contributed by atoms with Gasteiger partial charge < -0.3 is 26.3 Å². The Kier molecular flexibility index (Phi) is 8.16. The molecular formula is C24H28N18O4. The monoisotopic (exact) mass is 632 g/mol. The van der Waals surface area contributed by atoms with Crippen molar-refractivity contribution in [2.45, 2.75) is 13.8 Å². The lowest BCUT2D eigenvalue weighted by molar-refractivity contribution is 0.0592. The lowest BCUT2D eigenvalue weighted by Crippen LogP contribution is -2.15. The number of nitrogens with one attached hydrogen (secondary N) is 1. The van der Waals surface area contributed by atoms with E-state index in [1.54, 1.807) is 35.0 Å². The van der Waals surface area contributed by atoms with Gasteiger partial charge in [-0.3, -0.25) is 0 Å². The normalized spacial score (nSPS) is 11.5. The molecule has 0 aromatic carbocycles. The summed E-state index contributed by atoms with van der Waals surface area (Å²) in [4.78, 5) is 37.4. The molecule has 0 saturated carbocycles. The molecule has 0 fully saturated rings.